The second-order valence-electron chi connectivity index (χ2n) is 7.63. The first-order valence-electron chi connectivity index (χ1n) is 10.0. The molecule has 1 saturated heterocycles. The molecule has 2 aliphatic rings. The van der Waals surface area contributed by atoms with Crippen LogP contribution in [0.1, 0.15) is 36.5 Å². The highest BCUT2D eigenvalue weighted by Crippen LogP contribution is 2.30. The van der Waals surface area contributed by atoms with Gasteiger partial charge in [0.25, 0.3) is 0 Å². The molecule has 26 heavy (non-hydrogen) atoms. The molecule has 0 N–H and O–H groups in total. The Hall–Kier alpha value is -1.84. The zero-order valence-corrected chi connectivity index (χ0v) is 15.8. The number of para-hydroxylation sites is 1. The van der Waals surface area contributed by atoms with Crippen molar-refractivity contribution >= 4 is 5.69 Å². The third-order valence-corrected chi connectivity index (χ3v) is 6.05. The van der Waals surface area contributed by atoms with Crippen molar-refractivity contribution in [2.75, 3.05) is 38.2 Å². The number of hydrogen-bond acceptors (Lipinski definition) is 3. The van der Waals surface area contributed by atoms with E-state index in [-0.39, 0.29) is 6.10 Å². The maximum absolute atomic E-state index is 6.08. The quantitative estimate of drug-likeness (QED) is 0.800. The predicted octanol–water partition coefficient (Wildman–Crippen LogP) is 4.29. The highest BCUT2D eigenvalue weighted by Gasteiger charge is 2.25. The Morgan fingerprint density at radius 2 is 1.73 bits per heavy atom. The fourth-order valence-electron chi connectivity index (χ4n) is 4.42. The maximum atomic E-state index is 6.08. The van der Waals surface area contributed by atoms with E-state index in [0.29, 0.717) is 6.04 Å². The van der Waals surface area contributed by atoms with Crippen LogP contribution in [0.4, 0.5) is 5.69 Å². The van der Waals surface area contributed by atoms with Crippen molar-refractivity contribution in [3.05, 3.63) is 65.7 Å². The third kappa shape index (κ3) is 3.94. The largest absolute Gasteiger partial charge is 0.373 e. The summed E-state index contributed by atoms with van der Waals surface area (Å²) in [6.07, 6.45) is 4.90. The molecule has 4 rings (SSSR count). The highest BCUT2D eigenvalue weighted by molar-refractivity contribution is 5.46. The number of ether oxygens (including phenoxy) is 1. The number of piperidine rings is 1. The zero-order valence-electron chi connectivity index (χ0n) is 15.8. The van der Waals surface area contributed by atoms with Gasteiger partial charge in [0.05, 0.1) is 12.7 Å². The Morgan fingerprint density at radius 3 is 2.54 bits per heavy atom. The van der Waals surface area contributed by atoms with Gasteiger partial charge in [0.1, 0.15) is 0 Å². The lowest BCUT2D eigenvalue weighted by molar-refractivity contribution is 0.0273. The van der Waals surface area contributed by atoms with E-state index < -0.39 is 0 Å². The van der Waals surface area contributed by atoms with Crippen molar-refractivity contribution in [2.24, 2.45) is 0 Å². The summed E-state index contributed by atoms with van der Waals surface area (Å²) in [6.45, 7) is 4.28. The molecule has 2 aliphatic heterocycles. The van der Waals surface area contributed by atoms with Crippen LogP contribution in [0.5, 0.6) is 0 Å². The van der Waals surface area contributed by atoms with E-state index in [1.165, 1.54) is 29.7 Å². The van der Waals surface area contributed by atoms with Gasteiger partial charge < -0.3 is 14.5 Å². The van der Waals surface area contributed by atoms with Crippen LogP contribution >= 0.6 is 0 Å². The number of nitrogens with zero attached hydrogens (tertiary/aromatic N) is 2. The number of rotatable bonds is 5. The monoisotopic (exact) mass is 350 g/mol. The molecule has 0 aliphatic carbocycles. The Morgan fingerprint density at radius 1 is 1.00 bits per heavy atom. The average Bonchev–Trinajstić information content (AvgIpc) is 2.73. The number of benzene rings is 2. The van der Waals surface area contributed by atoms with Gasteiger partial charge in [-0.3, -0.25) is 0 Å². The van der Waals surface area contributed by atoms with Gasteiger partial charge in [0.2, 0.25) is 0 Å². The van der Waals surface area contributed by atoms with Crippen LogP contribution in [0.25, 0.3) is 0 Å². The van der Waals surface area contributed by atoms with Gasteiger partial charge in [-0.15, -0.1) is 0 Å². The van der Waals surface area contributed by atoms with Crippen LogP contribution in [-0.4, -0.2) is 44.2 Å². The summed E-state index contributed by atoms with van der Waals surface area (Å²) < 4.78 is 6.08. The second-order valence-corrected chi connectivity index (χ2v) is 7.63. The summed E-state index contributed by atoms with van der Waals surface area (Å²) in [6, 6.07) is 20.3. The second kappa shape index (κ2) is 8.24. The average molecular weight is 351 g/mol. The molecule has 3 nitrogen and oxygen atoms in total. The molecule has 3 heteroatoms. The maximum Gasteiger partial charge on any atom is 0.0839 e. The van der Waals surface area contributed by atoms with Crippen molar-refractivity contribution in [1.29, 1.82) is 0 Å². The van der Waals surface area contributed by atoms with Gasteiger partial charge in [-0.25, -0.2) is 0 Å². The van der Waals surface area contributed by atoms with E-state index in [4.69, 9.17) is 4.74 Å². The first-order chi connectivity index (χ1) is 12.8. The molecule has 1 fully saturated rings. The first kappa shape index (κ1) is 17.6. The standard InChI is InChI=1S/C23H30N2O/c1-24(15-13-23-22-10-6-5-7-19(22)14-18-26-23)20-11-16-25(17-12-20)21-8-3-2-4-9-21/h2-10,20,23H,11-18H2,1H3. The lowest BCUT2D eigenvalue weighted by atomic mass is 9.95. The topological polar surface area (TPSA) is 15.7 Å². The molecule has 2 aromatic rings. The molecule has 0 amide bonds. The van der Waals surface area contributed by atoms with E-state index in [9.17, 15) is 0 Å². The van der Waals surface area contributed by atoms with E-state index in [0.717, 1.165) is 39.1 Å². The van der Waals surface area contributed by atoms with Crippen molar-refractivity contribution in [3.63, 3.8) is 0 Å². The number of anilines is 1. The Balaban J connectivity index is 1.28. The molecule has 2 aromatic carbocycles. The van der Waals surface area contributed by atoms with Gasteiger partial charge in [-0.2, -0.15) is 0 Å². The Labute approximate surface area is 157 Å². The predicted molar refractivity (Wildman–Crippen MR) is 108 cm³/mol. The molecule has 0 radical (unpaired) electrons. The minimum atomic E-state index is 0.270. The van der Waals surface area contributed by atoms with Crippen LogP contribution in [0.2, 0.25) is 0 Å². The van der Waals surface area contributed by atoms with Gasteiger partial charge in [-0.1, -0.05) is 42.5 Å². The van der Waals surface area contributed by atoms with Crippen LogP contribution in [0.15, 0.2) is 54.6 Å². The summed E-state index contributed by atoms with van der Waals surface area (Å²) in [4.78, 5) is 5.08. The van der Waals surface area contributed by atoms with Gasteiger partial charge in [0, 0.05) is 31.4 Å². The fourth-order valence-corrected chi connectivity index (χ4v) is 4.42. The molecule has 138 valence electrons. The van der Waals surface area contributed by atoms with Crippen molar-refractivity contribution in [1.82, 2.24) is 4.90 Å². The SMILES string of the molecule is CN(CCC1OCCc2ccccc21)C1CCN(c2ccccc2)CC1. The Bertz CT molecular complexity index is 694. The molecule has 0 aromatic heterocycles. The smallest absolute Gasteiger partial charge is 0.0839 e. The minimum Gasteiger partial charge on any atom is -0.373 e. The summed E-state index contributed by atoms with van der Waals surface area (Å²) in [5, 5.41) is 0. The van der Waals surface area contributed by atoms with E-state index in [1.807, 2.05) is 0 Å². The number of hydrogen-bond donors (Lipinski definition) is 0. The molecule has 1 unspecified atom stereocenters. The van der Waals surface area contributed by atoms with Crippen LogP contribution in [0, 0.1) is 0 Å². The van der Waals surface area contributed by atoms with Crippen LogP contribution in [0.3, 0.4) is 0 Å². The van der Waals surface area contributed by atoms with Gasteiger partial charge >= 0.3 is 0 Å². The van der Waals surface area contributed by atoms with Crippen molar-refractivity contribution in [3.8, 4) is 0 Å². The van der Waals surface area contributed by atoms with Crippen LogP contribution in [-0.2, 0) is 11.2 Å². The normalized spacial score (nSPS) is 21.0. The summed E-state index contributed by atoms with van der Waals surface area (Å²) in [5.74, 6) is 0. The summed E-state index contributed by atoms with van der Waals surface area (Å²) in [5.41, 5.74) is 4.24. The van der Waals surface area contributed by atoms with Crippen molar-refractivity contribution < 1.29 is 4.74 Å². The fraction of sp³-hybridized carbons (Fsp3) is 0.478. The first-order valence-corrected chi connectivity index (χ1v) is 10.0. The minimum absolute atomic E-state index is 0.270. The Kier molecular flexibility index (Phi) is 5.57. The lowest BCUT2D eigenvalue weighted by Gasteiger charge is -2.38. The third-order valence-electron chi connectivity index (χ3n) is 6.05. The number of fused-ring (bicyclic) bond motifs is 1. The molecule has 2 heterocycles. The van der Waals surface area contributed by atoms with E-state index in [1.54, 1.807) is 0 Å². The van der Waals surface area contributed by atoms with Crippen molar-refractivity contribution in [2.45, 2.75) is 37.8 Å². The molecular formula is C23H30N2O. The molecule has 0 spiro atoms. The van der Waals surface area contributed by atoms with E-state index >= 15 is 0 Å². The van der Waals surface area contributed by atoms with Gasteiger partial charge in [0.15, 0.2) is 0 Å². The van der Waals surface area contributed by atoms with Gasteiger partial charge in [-0.05, 0) is 56.0 Å². The summed E-state index contributed by atoms with van der Waals surface area (Å²) >= 11 is 0. The molecule has 0 saturated carbocycles. The highest BCUT2D eigenvalue weighted by atomic mass is 16.5. The zero-order chi connectivity index (χ0) is 17.8. The molecule has 1 atom stereocenters. The van der Waals surface area contributed by atoms with Crippen LogP contribution < -0.4 is 4.90 Å². The summed E-state index contributed by atoms with van der Waals surface area (Å²) in [7, 11) is 2.29. The molecular weight excluding hydrogens is 320 g/mol. The molecule has 0 bridgehead atoms. The van der Waals surface area contributed by atoms with E-state index in [2.05, 4.69) is 71.4 Å². The lowest BCUT2D eigenvalue weighted by Crippen LogP contribution is -2.44.